The Balaban J connectivity index is 3.31. The molecule has 0 saturated carbocycles. The van der Waals surface area contributed by atoms with Gasteiger partial charge in [0.2, 0.25) is 20.6 Å². The number of allylic oxidation sites excluding steroid dienone is 4. The van der Waals surface area contributed by atoms with Crippen LogP contribution in [0.25, 0.3) is 0 Å². The van der Waals surface area contributed by atoms with Crippen LogP contribution < -0.4 is 0 Å². The molecule has 0 fully saturated rings. The third kappa shape index (κ3) is 1.93. The van der Waals surface area contributed by atoms with E-state index in [0.717, 1.165) is 6.08 Å². The molecule has 1 radical (unpaired) electrons. The van der Waals surface area contributed by atoms with Crippen LogP contribution >= 0.6 is 0 Å². The highest BCUT2D eigenvalue weighted by Crippen LogP contribution is 1.93. The summed E-state index contributed by atoms with van der Waals surface area (Å²) >= 11 is 0. The lowest BCUT2D eigenvalue weighted by Gasteiger charge is -1.91. The van der Waals surface area contributed by atoms with Gasteiger partial charge in [-0.1, -0.05) is 0 Å². The topological polar surface area (TPSA) is 68.3 Å². The summed E-state index contributed by atoms with van der Waals surface area (Å²) in [5, 5.41) is 0. The first-order chi connectivity index (χ1) is 5.61. The Hall–Kier alpha value is -1.14. The van der Waals surface area contributed by atoms with E-state index in [4.69, 9.17) is 0 Å². The second kappa shape index (κ2) is 3.51. The fraction of sp³-hybridized carbons (Fsp3) is 0. The highest BCUT2D eigenvalue weighted by atomic mass is 32.2. The smallest absolute Gasteiger partial charge is 0.184 e. The summed E-state index contributed by atoms with van der Waals surface area (Å²) in [4.78, 5) is -0.0339. The van der Waals surface area contributed by atoms with Gasteiger partial charge in [-0.25, -0.2) is 0 Å². The van der Waals surface area contributed by atoms with Gasteiger partial charge in [0, 0.05) is 6.08 Å². The third-order valence-electron chi connectivity index (χ3n) is 1.13. The normalized spacial score (nSPS) is 15.0. The number of rotatable bonds is 0. The SMILES string of the molecule is O=S(=O)=C1[C]=CC(=S(=O)=O)C=C1. The Morgan fingerprint density at radius 2 is 1.67 bits per heavy atom. The zero-order valence-electron chi connectivity index (χ0n) is 5.68. The van der Waals surface area contributed by atoms with Crippen LogP contribution in [-0.2, 0) is 20.6 Å². The lowest BCUT2D eigenvalue weighted by atomic mass is 10.2. The van der Waals surface area contributed by atoms with Crippen LogP contribution in [0, 0.1) is 6.08 Å². The highest BCUT2D eigenvalue weighted by molar-refractivity contribution is 7.74. The molecule has 4 nitrogen and oxygen atoms in total. The molecule has 0 unspecified atom stereocenters. The standard InChI is InChI=1S/C6H3O4S2/c7-11(8)5-1-2-6(4-3-5)12(9)10/h1-3H. The summed E-state index contributed by atoms with van der Waals surface area (Å²) in [5.41, 5.74) is 0. The molecular weight excluding hydrogens is 200 g/mol. The minimum atomic E-state index is -2.36. The van der Waals surface area contributed by atoms with Crippen molar-refractivity contribution in [2.75, 3.05) is 0 Å². The molecule has 6 heteroatoms. The molecule has 0 aliphatic heterocycles. The Bertz CT molecular complexity index is 432. The van der Waals surface area contributed by atoms with E-state index in [0.29, 0.717) is 0 Å². The maximum Gasteiger partial charge on any atom is 0.222 e. The van der Waals surface area contributed by atoms with Gasteiger partial charge < -0.3 is 0 Å². The lowest BCUT2D eigenvalue weighted by molar-refractivity contribution is 0.625. The summed E-state index contributed by atoms with van der Waals surface area (Å²) in [6, 6.07) is 0. The lowest BCUT2D eigenvalue weighted by Crippen LogP contribution is -2.01. The number of hydrogen-bond donors (Lipinski definition) is 0. The zero-order valence-corrected chi connectivity index (χ0v) is 7.31. The van der Waals surface area contributed by atoms with Gasteiger partial charge in [-0.2, -0.15) is 16.8 Å². The van der Waals surface area contributed by atoms with Gasteiger partial charge in [0.25, 0.3) is 0 Å². The summed E-state index contributed by atoms with van der Waals surface area (Å²) in [5.74, 6) is 0. The molecule has 63 valence electrons. The molecule has 0 spiro atoms. The second-order valence-electron chi connectivity index (χ2n) is 1.86. The molecule has 0 bridgehead atoms. The summed E-state index contributed by atoms with van der Waals surface area (Å²) < 4.78 is 41.2. The average molecular weight is 203 g/mol. The first kappa shape index (κ1) is 8.95. The van der Waals surface area contributed by atoms with Crippen LogP contribution in [0.3, 0.4) is 0 Å². The Morgan fingerprint density at radius 1 is 1.00 bits per heavy atom. The van der Waals surface area contributed by atoms with Crippen LogP contribution in [0.2, 0.25) is 0 Å². The largest absolute Gasteiger partial charge is 0.222 e. The quantitative estimate of drug-likeness (QED) is 0.474. The predicted octanol–water partition coefficient (Wildman–Crippen LogP) is -0.981. The second-order valence-corrected chi connectivity index (χ2v) is 3.71. The summed E-state index contributed by atoms with van der Waals surface area (Å²) in [7, 11) is -4.69. The molecule has 0 N–H and O–H groups in total. The van der Waals surface area contributed by atoms with Crippen molar-refractivity contribution < 1.29 is 16.8 Å². The predicted molar refractivity (Wildman–Crippen MR) is 44.8 cm³/mol. The van der Waals surface area contributed by atoms with Gasteiger partial charge in [0.1, 0.15) is 4.86 Å². The van der Waals surface area contributed by atoms with E-state index in [1.54, 1.807) is 0 Å². The molecule has 0 saturated heterocycles. The van der Waals surface area contributed by atoms with Crippen molar-refractivity contribution in [1.82, 2.24) is 0 Å². The van der Waals surface area contributed by atoms with Gasteiger partial charge in [-0.05, 0) is 18.2 Å². The van der Waals surface area contributed by atoms with Crippen LogP contribution in [0.5, 0.6) is 0 Å². The zero-order chi connectivity index (χ0) is 9.14. The van der Waals surface area contributed by atoms with Gasteiger partial charge in [-0.15, -0.1) is 0 Å². The summed E-state index contributed by atoms with van der Waals surface area (Å²) in [6.45, 7) is 0. The first-order valence-electron chi connectivity index (χ1n) is 2.81. The van der Waals surface area contributed by atoms with Gasteiger partial charge in [0.15, 0.2) is 0 Å². The van der Waals surface area contributed by atoms with E-state index >= 15 is 0 Å². The van der Waals surface area contributed by atoms with E-state index in [2.05, 4.69) is 6.08 Å². The van der Waals surface area contributed by atoms with Crippen LogP contribution in [-0.4, -0.2) is 26.6 Å². The molecule has 1 aliphatic carbocycles. The van der Waals surface area contributed by atoms with Gasteiger partial charge in [-0.3, -0.25) is 0 Å². The molecule has 0 aromatic heterocycles. The van der Waals surface area contributed by atoms with Crippen molar-refractivity contribution in [1.29, 1.82) is 0 Å². The van der Waals surface area contributed by atoms with E-state index in [9.17, 15) is 16.8 Å². The minimum Gasteiger partial charge on any atom is -0.184 e. The molecule has 0 aromatic carbocycles. The monoisotopic (exact) mass is 203 g/mol. The molecule has 1 rings (SSSR count). The van der Waals surface area contributed by atoms with Crippen molar-refractivity contribution >= 4 is 30.3 Å². The van der Waals surface area contributed by atoms with E-state index in [1.165, 1.54) is 12.2 Å². The van der Waals surface area contributed by atoms with E-state index in [1.807, 2.05) is 0 Å². The van der Waals surface area contributed by atoms with Crippen molar-refractivity contribution in [2.45, 2.75) is 0 Å². The minimum absolute atomic E-state index is 0.0178. The molecule has 1 aliphatic rings. The fourth-order valence-electron chi connectivity index (χ4n) is 0.604. The van der Waals surface area contributed by atoms with Gasteiger partial charge >= 0.3 is 0 Å². The van der Waals surface area contributed by atoms with E-state index < -0.39 is 20.6 Å². The maximum atomic E-state index is 10.3. The molecular formula is C6H3O4S2. The molecule has 0 heterocycles. The number of hydrogen-bond acceptors (Lipinski definition) is 4. The van der Waals surface area contributed by atoms with Gasteiger partial charge in [0.05, 0.1) is 4.86 Å². The average Bonchev–Trinajstić information content (AvgIpc) is 2.04. The first-order valence-corrected chi connectivity index (χ1v) is 4.96. The highest BCUT2D eigenvalue weighted by Gasteiger charge is 2.00. The molecule has 0 amide bonds. The molecule has 0 aromatic rings. The van der Waals surface area contributed by atoms with Crippen LogP contribution in [0.4, 0.5) is 0 Å². The molecule has 0 atom stereocenters. The molecule has 12 heavy (non-hydrogen) atoms. The van der Waals surface area contributed by atoms with E-state index in [-0.39, 0.29) is 9.73 Å². The Kier molecular flexibility index (Phi) is 2.61. The third-order valence-corrected chi connectivity index (χ3v) is 2.38. The fourth-order valence-corrected chi connectivity index (χ4v) is 1.27. The van der Waals surface area contributed by atoms with Crippen molar-refractivity contribution in [3.05, 3.63) is 24.3 Å². The Labute approximate surface area is 71.9 Å². The Morgan fingerprint density at radius 3 is 2.00 bits per heavy atom. The maximum absolute atomic E-state index is 10.3. The van der Waals surface area contributed by atoms with Crippen molar-refractivity contribution in [3.8, 4) is 0 Å². The van der Waals surface area contributed by atoms with Crippen LogP contribution in [0.15, 0.2) is 18.2 Å². The van der Waals surface area contributed by atoms with Crippen molar-refractivity contribution in [3.63, 3.8) is 0 Å². The van der Waals surface area contributed by atoms with Crippen molar-refractivity contribution in [2.24, 2.45) is 0 Å². The summed E-state index contributed by atoms with van der Waals surface area (Å²) in [6.07, 6.45) is 5.79. The van der Waals surface area contributed by atoms with Crippen LogP contribution in [0.1, 0.15) is 0 Å².